The van der Waals surface area contributed by atoms with Crippen LogP contribution in [-0.4, -0.2) is 55.9 Å². The standard InChI is InChI=1S/C17H23B2NO5/c1-17(2,3)25-16(23)20-12(8-9-13(20)18)15(22)24-11-6-4-10(5-7-11)14(19)21/h4-7,12-13H,8-9,18-19H2,1-3H3. The van der Waals surface area contributed by atoms with E-state index in [2.05, 4.69) is 0 Å². The summed E-state index contributed by atoms with van der Waals surface area (Å²) in [5, 5.41) is 0. The molecule has 0 aromatic heterocycles. The summed E-state index contributed by atoms with van der Waals surface area (Å²) < 4.78 is 10.8. The van der Waals surface area contributed by atoms with Gasteiger partial charge >= 0.3 is 12.1 Å². The minimum Gasteiger partial charge on any atom is -0.444 e. The van der Waals surface area contributed by atoms with E-state index in [-0.39, 0.29) is 11.6 Å². The lowest BCUT2D eigenvalue weighted by Crippen LogP contribution is -2.48. The minimum atomic E-state index is -0.669. The van der Waals surface area contributed by atoms with Crippen LogP contribution < -0.4 is 4.74 Å². The van der Waals surface area contributed by atoms with Crippen molar-refractivity contribution in [2.75, 3.05) is 0 Å². The second-order valence-corrected chi connectivity index (χ2v) is 7.33. The number of hydrogen-bond donors (Lipinski definition) is 0. The van der Waals surface area contributed by atoms with Gasteiger partial charge in [0, 0.05) is 11.5 Å². The molecule has 1 aromatic rings. The van der Waals surface area contributed by atoms with E-state index in [0.29, 0.717) is 24.2 Å². The molecule has 1 fully saturated rings. The Kier molecular flexibility index (Phi) is 5.60. The first kappa shape index (κ1) is 19.1. The van der Waals surface area contributed by atoms with E-state index in [9.17, 15) is 14.4 Å². The highest BCUT2D eigenvalue weighted by Gasteiger charge is 2.41. The summed E-state index contributed by atoms with van der Waals surface area (Å²) in [5.74, 6) is -0.239. The molecule has 1 amide bonds. The van der Waals surface area contributed by atoms with E-state index in [1.165, 1.54) is 12.7 Å². The second-order valence-electron chi connectivity index (χ2n) is 7.33. The van der Waals surface area contributed by atoms with Crippen LogP contribution in [0, 0.1) is 0 Å². The molecular weight excluding hydrogens is 320 g/mol. The largest absolute Gasteiger partial charge is 0.444 e. The van der Waals surface area contributed by atoms with Crippen LogP contribution in [-0.2, 0) is 9.53 Å². The number of likely N-dealkylation sites (tertiary alicyclic amines) is 1. The molecule has 0 spiro atoms. The van der Waals surface area contributed by atoms with Crippen LogP contribution in [0.25, 0.3) is 0 Å². The predicted octanol–water partition coefficient (Wildman–Crippen LogP) is 0.724. The topological polar surface area (TPSA) is 72.9 Å². The molecule has 2 unspecified atom stereocenters. The van der Waals surface area contributed by atoms with E-state index >= 15 is 0 Å². The third-order valence-corrected chi connectivity index (χ3v) is 4.02. The number of hydrogen-bond acceptors (Lipinski definition) is 5. The Morgan fingerprint density at radius 3 is 2.24 bits per heavy atom. The normalized spacial score (nSPS) is 20.2. The van der Waals surface area contributed by atoms with Gasteiger partial charge in [0.1, 0.15) is 30.9 Å². The number of nitrogens with zero attached hydrogens (tertiary/aromatic N) is 1. The third-order valence-electron chi connectivity index (χ3n) is 4.02. The van der Waals surface area contributed by atoms with Gasteiger partial charge in [0.25, 0.3) is 0 Å². The highest BCUT2D eigenvalue weighted by atomic mass is 16.6. The van der Waals surface area contributed by atoms with Gasteiger partial charge in [-0.05, 0) is 57.9 Å². The van der Waals surface area contributed by atoms with Crippen molar-refractivity contribution in [3.63, 3.8) is 0 Å². The number of rotatable bonds is 3. The molecule has 2 rings (SSSR count). The fraction of sp³-hybridized carbons (Fsp3) is 0.471. The summed E-state index contributed by atoms with van der Waals surface area (Å²) in [4.78, 5) is 37.7. The number of esters is 1. The summed E-state index contributed by atoms with van der Waals surface area (Å²) >= 11 is 0. The van der Waals surface area contributed by atoms with Gasteiger partial charge in [-0.15, -0.1) is 0 Å². The highest BCUT2D eigenvalue weighted by Crippen LogP contribution is 2.26. The predicted molar refractivity (Wildman–Crippen MR) is 98.4 cm³/mol. The van der Waals surface area contributed by atoms with Crippen LogP contribution in [0.1, 0.15) is 44.0 Å². The summed E-state index contributed by atoms with van der Waals surface area (Å²) in [7, 11) is 3.36. The average Bonchev–Trinajstić information content (AvgIpc) is 2.88. The Morgan fingerprint density at radius 1 is 1.12 bits per heavy atom. The fourth-order valence-electron chi connectivity index (χ4n) is 2.78. The molecule has 132 valence electrons. The Bertz CT molecular complexity index is 669. The molecule has 2 atom stereocenters. The number of carbonyl (C=O) groups excluding carboxylic acids is 3. The summed E-state index contributed by atoms with van der Waals surface area (Å²) in [6, 6.07) is 5.69. The van der Waals surface area contributed by atoms with Crippen LogP contribution in [0.2, 0.25) is 0 Å². The smallest absolute Gasteiger partial charge is 0.410 e. The van der Waals surface area contributed by atoms with Crippen molar-refractivity contribution in [3.8, 4) is 5.75 Å². The molecule has 1 aliphatic heterocycles. The quantitative estimate of drug-likeness (QED) is 0.460. The fourth-order valence-corrected chi connectivity index (χ4v) is 2.78. The van der Waals surface area contributed by atoms with E-state index < -0.39 is 23.7 Å². The van der Waals surface area contributed by atoms with Crippen molar-refractivity contribution >= 4 is 33.4 Å². The van der Waals surface area contributed by atoms with Crippen LogP contribution >= 0.6 is 0 Å². The zero-order valence-electron chi connectivity index (χ0n) is 15.4. The monoisotopic (exact) mass is 343 g/mol. The van der Waals surface area contributed by atoms with Crippen LogP contribution in [0.3, 0.4) is 0 Å². The van der Waals surface area contributed by atoms with Gasteiger partial charge in [0.05, 0.1) is 0 Å². The molecule has 0 N–H and O–H groups in total. The lowest BCUT2D eigenvalue weighted by atomic mass is 9.94. The van der Waals surface area contributed by atoms with Crippen molar-refractivity contribution in [2.24, 2.45) is 0 Å². The Hall–Kier alpha value is -2.24. The Labute approximate surface area is 149 Å². The maximum absolute atomic E-state index is 12.5. The summed E-state index contributed by atoms with van der Waals surface area (Å²) in [6.45, 7) is 5.36. The van der Waals surface area contributed by atoms with Gasteiger partial charge in [-0.25, -0.2) is 9.59 Å². The van der Waals surface area contributed by atoms with E-state index in [4.69, 9.17) is 9.47 Å². The Balaban J connectivity index is 2.08. The molecule has 0 bridgehead atoms. The van der Waals surface area contributed by atoms with E-state index in [0.717, 1.165) is 0 Å². The van der Waals surface area contributed by atoms with Gasteiger partial charge in [-0.2, -0.15) is 0 Å². The maximum atomic E-state index is 12.5. The zero-order chi connectivity index (χ0) is 18.8. The number of benzene rings is 1. The second kappa shape index (κ2) is 7.33. The number of ether oxygens (including phenoxy) is 2. The molecule has 1 saturated heterocycles. The highest BCUT2D eigenvalue weighted by molar-refractivity contribution is 6.62. The third kappa shape index (κ3) is 4.87. The first-order chi connectivity index (χ1) is 11.6. The van der Waals surface area contributed by atoms with Gasteiger partial charge in [0.2, 0.25) is 0 Å². The Morgan fingerprint density at radius 2 is 1.72 bits per heavy atom. The van der Waals surface area contributed by atoms with Crippen molar-refractivity contribution in [2.45, 2.75) is 51.2 Å². The molecular formula is C17H23B2NO5. The number of amides is 1. The van der Waals surface area contributed by atoms with Crippen molar-refractivity contribution in [1.29, 1.82) is 0 Å². The maximum Gasteiger partial charge on any atom is 0.410 e. The summed E-state index contributed by atoms with van der Waals surface area (Å²) in [6.07, 6.45) is 0.735. The van der Waals surface area contributed by atoms with Crippen LogP contribution in [0.5, 0.6) is 5.75 Å². The molecule has 6 nitrogen and oxygen atoms in total. The van der Waals surface area contributed by atoms with Crippen LogP contribution in [0.4, 0.5) is 4.79 Å². The molecule has 1 heterocycles. The molecule has 0 aliphatic carbocycles. The first-order valence-corrected chi connectivity index (χ1v) is 8.42. The number of carbonyl (C=O) groups is 3. The van der Waals surface area contributed by atoms with Gasteiger partial charge in [-0.1, -0.05) is 0 Å². The lowest BCUT2D eigenvalue weighted by molar-refractivity contribution is -0.139. The molecule has 1 aromatic carbocycles. The average molecular weight is 343 g/mol. The molecule has 0 radical (unpaired) electrons. The van der Waals surface area contributed by atoms with Gasteiger partial charge < -0.3 is 14.3 Å². The minimum absolute atomic E-state index is 0.0569. The van der Waals surface area contributed by atoms with Crippen molar-refractivity contribution in [1.82, 2.24) is 4.90 Å². The first-order valence-electron chi connectivity index (χ1n) is 8.42. The van der Waals surface area contributed by atoms with E-state index in [1.54, 1.807) is 45.0 Å². The van der Waals surface area contributed by atoms with Gasteiger partial charge in [-0.3, -0.25) is 4.90 Å². The molecule has 25 heavy (non-hydrogen) atoms. The van der Waals surface area contributed by atoms with Crippen molar-refractivity contribution in [3.05, 3.63) is 29.8 Å². The van der Waals surface area contributed by atoms with Crippen LogP contribution in [0.15, 0.2) is 24.3 Å². The van der Waals surface area contributed by atoms with E-state index in [1.807, 2.05) is 7.85 Å². The SMILES string of the molecule is BC(=O)c1ccc(OC(=O)C2CCC(B)N2C(=O)OC(C)(C)C)cc1. The lowest BCUT2D eigenvalue weighted by Gasteiger charge is -2.30. The zero-order valence-corrected chi connectivity index (χ0v) is 15.4. The van der Waals surface area contributed by atoms with Crippen molar-refractivity contribution < 1.29 is 23.9 Å². The molecule has 0 saturated carbocycles. The summed E-state index contributed by atoms with van der Waals surface area (Å²) in [5.41, 5.74) is -0.139. The molecule has 8 heteroatoms. The van der Waals surface area contributed by atoms with Gasteiger partial charge in [0.15, 0.2) is 7.85 Å². The molecule has 1 aliphatic rings.